The van der Waals surface area contributed by atoms with E-state index in [1.807, 2.05) is 18.2 Å². The molecule has 1 aromatic carbocycles. The fourth-order valence-electron chi connectivity index (χ4n) is 3.95. The summed E-state index contributed by atoms with van der Waals surface area (Å²) in [6.45, 7) is 0. The van der Waals surface area contributed by atoms with Crippen molar-refractivity contribution in [3.8, 4) is 0 Å². The third kappa shape index (κ3) is 2.37. The number of nitrogens with two attached hydrogens (primary N) is 1. The zero-order valence-electron chi connectivity index (χ0n) is 12.2. The van der Waals surface area contributed by atoms with Crippen LogP contribution in [0.3, 0.4) is 0 Å². The molecule has 2 aliphatic rings. The lowest BCUT2D eigenvalue weighted by Crippen LogP contribution is -2.36. The quantitative estimate of drug-likeness (QED) is 0.387. The van der Waals surface area contributed by atoms with Crippen LogP contribution in [-0.2, 0) is 4.79 Å². The molecule has 3 N–H and O–H groups in total. The van der Waals surface area contributed by atoms with Gasteiger partial charge in [0.25, 0.3) is 0 Å². The van der Waals surface area contributed by atoms with Crippen LogP contribution >= 0.6 is 0 Å². The van der Waals surface area contributed by atoms with Crippen LogP contribution < -0.4 is 10.6 Å². The molecule has 0 aromatic heterocycles. The van der Waals surface area contributed by atoms with Crippen molar-refractivity contribution in [3.05, 3.63) is 29.8 Å². The molecule has 3 unspecified atom stereocenters. The topological polar surface area (TPSA) is 78.9 Å². The Morgan fingerprint density at radius 3 is 2.71 bits per heavy atom. The number of carbonyl (C=O) groups is 1. The number of oxime groups is 1. The van der Waals surface area contributed by atoms with Gasteiger partial charge in [-0.1, -0.05) is 23.7 Å². The molecule has 2 fully saturated rings. The number of fused-ring (bicyclic) bond motifs is 2. The van der Waals surface area contributed by atoms with Gasteiger partial charge in [0, 0.05) is 18.5 Å². The molecular weight excluding hydrogens is 266 g/mol. The average Bonchev–Trinajstić information content (AvgIpc) is 3.15. The van der Waals surface area contributed by atoms with E-state index in [2.05, 4.69) is 5.16 Å². The van der Waals surface area contributed by atoms with E-state index >= 15 is 0 Å². The molecule has 1 amide bonds. The van der Waals surface area contributed by atoms with Crippen LogP contribution in [0, 0.1) is 17.8 Å². The van der Waals surface area contributed by atoms with Crippen molar-refractivity contribution in [3.63, 3.8) is 0 Å². The molecule has 3 atom stereocenters. The number of amidine groups is 1. The Kier molecular flexibility index (Phi) is 3.57. The third-order valence-electron chi connectivity index (χ3n) is 5.03. The number of nitrogens with zero attached hydrogens (tertiary/aromatic N) is 2. The molecule has 21 heavy (non-hydrogen) atoms. The minimum Gasteiger partial charge on any atom is -0.409 e. The van der Waals surface area contributed by atoms with Gasteiger partial charge in [0.15, 0.2) is 5.84 Å². The van der Waals surface area contributed by atoms with Crippen molar-refractivity contribution in [1.29, 1.82) is 0 Å². The monoisotopic (exact) mass is 287 g/mol. The second kappa shape index (κ2) is 5.39. The van der Waals surface area contributed by atoms with Gasteiger partial charge in [-0.15, -0.1) is 0 Å². The summed E-state index contributed by atoms with van der Waals surface area (Å²) in [5.74, 6) is 1.59. The number of amides is 1. The Balaban J connectivity index is 1.85. The van der Waals surface area contributed by atoms with Gasteiger partial charge in [-0.3, -0.25) is 4.79 Å². The number of carbonyl (C=O) groups excluding carboxylic acids is 1. The summed E-state index contributed by atoms with van der Waals surface area (Å²) in [5.41, 5.74) is 6.99. The predicted molar refractivity (Wildman–Crippen MR) is 81.3 cm³/mol. The molecule has 0 aliphatic heterocycles. The SMILES string of the molecule is CN(C(=O)C1CC2CCC1C2)c1ccccc1/C(N)=N/O. The fourth-order valence-corrected chi connectivity index (χ4v) is 3.95. The number of para-hydroxylation sites is 1. The Bertz CT molecular complexity index is 585. The lowest BCUT2D eigenvalue weighted by molar-refractivity contribution is -0.123. The first-order valence-corrected chi connectivity index (χ1v) is 7.46. The summed E-state index contributed by atoms with van der Waals surface area (Å²) in [6, 6.07) is 7.26. The highest BCUT2D eigenvalue weighted by Gasteiger charge is 2.44. The van der Waals surface area contributed by atoms with Crippen molar-refractivity contribution in [2.24, 2.45) is 28.6 Å². The smallest absolute Gasteiger partial charge is 0.230 e. The Hall–Kier alpha value is -2.04. The number of rotatable bonds is 3. The third-order valence-corrected chi connectivity index (χ3v) is 5.03. The first-order valence-electron chi connectivity index (χ1n) is 7.46. The van der Waals surface area contributed by atoms with Crippen molar-refractivity contribution in [2.75, 3.05) is 11.9 Å². The number of anilines is 1. The van der Waals surface area contributed by atoms with Gasteiger partial charge in [-0.25, -0.2) is 0 Å². The molecular formula is C16H21N3O2. The molecule has 5 heteroatoms. The zero-order chi connectivity index (χ0) is 15.0. The van der Waals surface area contributed by atoms with Crippen LogP contribution in [-0.4, -0.2) is 24.0 Å². The summed E-state index contributed by atoms with van der Waals surface area (Å²) in [7, 11) is 1.78. The lowest BCUT2D eigenvalue weighted by Gasteiger charge is -2.27. The van der Waals surface area contributed by atoms with Gasteiger partial charge in [0.05, 0.1) is 5.69 Å². The van der Waals surface area contributed by atoms with Gasteiger partial charge in [0.2, 0.25) is 5.91 Å². The Morgan fingerprint density at radius 2 is 2.10 bits per heavy atom. The Morgan fingerprint density at radius 1 is 1.33 bits per heavy atom. The van der Waals surface area contributed by atoms with Crippen LogP contribution in [0.25, 0.3) is 0 Å². The molecule has 0 saturated heterocycles. The highest BCUT2D eigenvalue weighted by atomic mass is 16.4. The van der Waals surface area contributed by atoms with E-state index in [4.69, 9.17) is 10.9 Å². The van der Waals surface area contributed by atoms with Crippen LogP contribution in [0.1, 0.15) is 31.2 Å². The Labute approximate surface area is 124 Å². The lowest BCUT2D eigenvalue weighted by atomic mass is 9.87. The molecule has 5 nitrogen and oxygen atoms in total. The number of hydrogen-bond donors (Lipinski definition) is 2. The zero-order valence-corrected chi connectivity index (χ0v) is 12.2. The standard InChI is InChI=1S/C16H21N3O2/c1-19(14-5-3-2-4-12(14)15(17)18-21)16(20)13-9-10-6-7-11(13)8-10/h2-5,10-11,13,21H,6-9H2,1H3,(H2,17,18). The van der Waals surface area contributed by atoms with E-state index in [0.717, 1.165) is 12.3 Å². The molecule has 0 spiro atoms. The van der Waals surface area contributed by atoms with Crippen molar-refractivity contribution >= 4 is 17.4 Å². The second-order valence-electron chi connectivity index (χ2n) is 6.18. The summed E-state index contributed by atoms with van der Waals surface area (Å²) in [6.07, 6.45) is 4.67. The molecule has 2 aliphatic carbocycles. The second-order valence-corrected chi connectivity index (χ2v) is 6.18. The number of benzene rings is 1. The van der Waals surface area contributed by atoms with Crippen LogP contribution in [0.15, 0.2) is 29.4 Å². The van der Waals surface area contributed by atoms with Gasteiger partial charge < -0.3 is 15.8 Å². The maximum atomic E-state index is 12.8. The molecule has 112 valence electrons. The van der Waals surface area contributed by atoms with Crippen molar-refractivity contribution in [1.82, 2.24) is 0 Å². The van der Waals surface area contributed by atoms with E-state index in [1.165, 1.54) is 19.3 Å². The van der Waals surface area contributed by atoms with E-state index in [9.17, 15) is 4.79 Å². The minimum absolute atomic E-state index is 0.0261. The molecule has 0 radical (unpaired) electrons. The first kappa shape index (κ1) is 13.9. The van der Waals surface area contributed by atoms with Gasteiger partial charge in [0.1, 0.15) is 0 Å². The minimum atomic E-state index is 0.0261. The summed E-state index contributed by atoms with van der Waals surface area (Å²) in [5, 5.41) is 11.9. The van der Waals surface area contributed by atoms with Crippen molar-refractivity contribution < 1.29 is 10.0 Å². The summed E-state index contributed by atoms with van der Waals surface area (Å²) in [4.78, 5) is 14.4. The highest BCUT2D eigenvalue weighted by Crippen LogP contribution is 2.49. The van der Waals surface area contributed by atoms with E-state index in [1.54, 1.807) is 18.0 Å². The predicted octanol–water partition coefficient (Wildman–Crippen LogP) is 2.18. The molecule has 0 heterocycles. The molecule has 1 aromatic rings. The maximum absolute atomic E-state index is 12.8. The van der Waals surface area contributed by atoms with E-state index in [-0.39, 0.29) is 17.7 Å². The van der Waals surface area contributed by atoms with Crippen LogP contribution in [0.5, 0.6) is 0 Å². The van der Waals surface area contributed by atoms with E-state index < -0.39 is 0 Å². The molecule has 3 rings (SSSR count). The van der Waals surface area contributed by atoms with Gasteiger partial charge in [-0.2, -0.15) is 0 Å². The highest BCUT2D eigenvalue weighted by molar-refractivity contribution is 6.06. The van der Waals surface area contributed by atoms with Crippen LogP contribution in [0.4, 0.5) is 5.69 Å². The fraction of sp³-hybridized carbons (Fsp3) is 0.500. The maximum Gasteiger partial charge on any atom is 0.230 e. The van der Waals surface area contributed by atoms with E-state index in [0.29, 0.717) is 17.2 Å². The molecule has 2 saturated carbocycles. The normalized spacial score (nSPS) is 27.9. The first-order chi connectivity index (χ1) is 10.1. The van der Waals surface area contributed by atoms with Gasteiger partial charge in [-0.05, 0) is 43.2 Å². The van der Waals surface area contributed by atoms with Crippen molar-refractivity contribution in [2.45, 2.75) is 25.7 Å². The van der Waals surface area contributed by atoms with Gasteiger partial charge >= 0.3 is 0 Å². The summed E-state index contributed by atoms with van der Waals surface area (Å²) < 4.78 is 0. The van der Waals surface area contributed by atoms with Crippen LogP contribution in [0.2, 0.25) is 0 Å². The largest absolute Gasteiger partial charge is 0.409 e. The average molecular weight is 287 g/mol. The number of hydrogen-bond acceptors (Lipinski definition) is 3. The summed E-state index contributed by atoms with van der Waals surface area (Å²) >= 11 is 0. The molecule has 2 bridgehead atoms.